The first-order valence-corrected chi connectivity index (χ1v) is 4.71. The normalized spacial score (nSPS) is 9.08. The summed E-state index contributed by atoms with van der Waals surface area (Å²) in [6, 6.07) is 3.83. The summed E-state index contributed by atoms with van der Waals surface area (Å²) < 4.78 is 13.1. The SMILES string of the molecule is O=C(N=C=S)c1ccc(F)cc1I. The number of carbonyl (C=O) groups excluding carboxylic acids is 1. The zero-order chi connectivity index (χ0) is 9.84. The topological polar surface area (TPSA) is 29.4 Å². The lowest BCUT2D eigenvalue weighted by atomic mass is 10.2. The molecule has 66 valence electrons. The molecule has 0 aliphatic carbocycles. The number of benzene rings is 1. The van der Waals surface area contributed by atoms with Crippen LogP contribution in [0.1, 0.15) is 10.4 Å². The molecule has 0 aliphatic heterocycles. The van der Waals surface area contributed by atoms with Gasteiger partial charge in [-0.2, -0.15) is 4.99 Å². The molecule has 0 saturated heterocycles. The summed E-state index contributed by atoms with van der Waals surface area (Å²) in [6.07, 6.45) is 0. The van der Waals surface area contributed by atoms with Gasteiger partial charge >= 0.3 is 0 Å². The fraction of sp³-hybridized carbons (Fsp3) is 0. The molecule has 0 heterocycles. The quantitative estimate of drug-likeness (QED) is 0.453. The fourth-order valence-corrected chi connectivity index (χ4v) is 1.56. The molecule has 1 aromatic rings. The Kier molecular flexibility index (Phi) is 3.65. The highest BCUT2D eigenvalue weighted by atomic mass is 127. The number of hydrogen-bond acceptors (Lipinski definition) is 2. The summed E-state index contributed by atoms with van der Waals surface area (Å²) in [5.74, 6) is -0.883. The Balaban J connectivity index is 3.16. The van der Waals surface area contributed by atoms with E-state index in [0.29, 0.717) is 9.13 Å². The summed E-state index contributed by atoms with van der Waals surface area (Å²) in [6.45, 7) is 0. The Morgan fingerprint density at radius 2 is 2.31 bits per heavy atom. The zero-order valence-corrected chi connectivity index (χ0v) is 9.23. The zero-order valence-electron chi connectivity index (χ0n) is 6.25. The smallest absolute Gasteiger partial charge is 0.266 e. The van der Waals surface area contributed by atoms with Crippen LogP contribution in [-0.2, 0) is 0 Å². The molecule has 13 heavy (non-hydrogen) atoms. The molecular formula is C8H3FINOS. The van der Waals surface area contributed by atoms with Crippen LogP contribution in [0.3, 0.4) is 0 Å². The van der Waals surface area contributed by atoms with Gasteiger partial charge in [-0.25, -0.2) is 4.39 Å². The van der Waals surface area contributed by atoms with Gasteiger partial charge in [0.1, 0.15) is 5.82 Å². The van der Waals surface area contributed by atoms with Gasteiger partial charge < -0.3 is 0 Å². The van der Waals surface area contributed by atoms with Crippen molar-refractivity contribution in [2.75, 3.05) is 0 Å². The molecule has 0 spiro atoms. The van der Waals surface area contributed by atoms with Crippen LogP contribution in [0.25, 0.3) is 0 Å². The molecule has 0 unspecified atom stereocenters. The predicted molar refractivity (Wildman–Crippen MR) is 58.5 cm³/mol. The van der Waals surface area contributed by atoms with Crippen LogP contribution in [-0.4, -0.2) is 11.1 Å². The van der Waals surface area contributed by atoms with Gasteiger partial charge in [-0.3, -0.25) is 4.79 Å². The van der Waals surface area contributed by atoms with Crippen molar-refractivity contribution in [1.82, 2.24) is 0 Å². The number of hydrogen-bond donors (Lipinski definition) is 0. The fourth-order valence-electron chi connectivity index (χ4n) is 0.765. The molecule has 0 aromatic heterocycles. The minimum atomic E-state index is -0.501. The van der Waals surface area contributed by atoms with E-state index in [4.69, 9.17) is 0 Å². The third-order valence-corrected chi connectivity index (χ3v) is 2.29. The van der Waals surface area contributed by atoms with Crippen molar-refractivity contribution in [2.45, 2.75) is 0 Å². The maximum Gasteiger partial charge on any atom is 0.286 e. The molecule has 0 N–H and O–H groups in total. The monoisotopic (exact) mass is 307 g/mol. The van der Waals surface area contributed by atoms with Crippen LogP contribution in [0.4, 0.5) is 4.39 Å². The van der Waals surface area contributed by atoms with Crippen molar-refractivity contribution in [1.29, 1.82) is 0 Å². The number of rotatable bonds is 1. The summed E-state index contributed by atoms with van der Waals surface area (Å²) in [4.78, 5) is 14.4. The maximum absolute atomic E-state index is 12.6. The van der Waals surface area contributed by atoms with E-state index in [1.54, 1.807) is 0 Å². The lowest BCUT2D eigenvalue weighted by molar-refractivity contribution is 0.100. The van der Waals surface area contributed by atoms with Gasteiger partial charge in [-0.1, -0.05) is 0 Å². The van der Waals surface area contributed by atoms with Crippen molar-refractivity contribution in [2.24, 2.45) is 4.99 Å². The molecule has 0 aliphatic rings. The molecule has 1 aromatic carbocycles. The molecule has 5 heteroatoms. The van der Waals surface area contributed by atoms with Gasteiger partial charge in [-0.05, 0) is 53.0 Å². The van der Waals surface area contributed by atoms with Crippen molar-refractivity contribution >= 4 is 45.9 Å². The molecular weight excluding hydrogens is 304 g/mol. The minimum Gasteiger partial charge on any atom is -0.266 e. The molecule has 0 fully saturated rings. The van der Waals surface area contributed by atoms with Crippen LogP contribution in [0.2, 0.25) is 0 Å². The number of aliphatic imine (C=N–C) groups is 1. The van der Waals surface area contributed by atoms with E-state index in [2.05, 4.69) is 17.2 Å². The molecule has 0 bridgehead atoms. The molecule has 0 radical (unpaired) electrons. The first-order valence-electron chi connectivity index (χ1n) is 3.22. The number of carbonyl (C=O) groups is 1. The van der Waals surface area contributed by atoms with Crippen LogP contribution in [0, 0.1) is 9.39 Å². The standard InChI is InChI=1S/C8H3FINOS/c9-5-1-2-6(7(10)3-5)8(12)11-4-13/h1-3H. The van der Waals surface area contributed by atoms with Crippen molar-refractivity contribution in [3.05, 3.63) is 33.1 Å². The third-order valence-electron chi connectivity index (χ3n) is 1.31. The largest absolute Gasteiger partial charge is 0.286 e. The van der Waals surface area contributed by atoms with Crippen molar-refractivity contribution in [3.63, 3.8) is 0 Å². The second-order valence-corrected chi connectivity index (χ2v) is 3.48. The summed E-state index contributed by atoms with van der Waals surface area (Å²) >= 11 is 6.14. The van der Waals surface area contributed by atoms with Crippen LogP contribution < -0.4 is 0 Å². The van der Waals surface area contributed by atoms with Gasteiger partial charge in [0.2, 0.25) is 0 Å². The molecule has 2 nitrogen and oxygen atoms in total. The number of thiocarbonyl (C=S) groups is 1. The Bertz CT molecular complexity index is 401. The highest BCUT2D eigenvalue weighted by Crippen LogP contribution is 2.14. The maximum atomic E-state index is 12.6. The molecule has 1 amide bonds. The lowest BCUT2D eigenvalue weighted by Crippen LogP contribution is -1.97. The van der Waals surface area contributed by atoms with Gasteiger partial charge in [0.05, 0.1) is 10.7 Å². The van der Waals surface area contributed by atoms with Crippen molar-refractivity contribution < 1.29 is 9.18 Å². The number of isothiocyanates is 1. The Hall–Kier alpha value is -0.650. The van der Waals surface area contributed by atoms with Gasteiger partial charge in [0, 0.05) is 3.57 Å². The Morgan fingerprint density at radius 3 is 2.85 bits per heavy atom. The van der Waals surface area contributed by atoms with E-state index in [1.807, 2.05) is 27.8 Å². The summed E-state index contributed by atoms with van der Waals surface area (Å²) in [5, 5.41) is 1.97. The van der Waals surface area contributed by atoms with Crippen LogP contribution in [0.5, 0.6) is 0 Å². The summed E-state index contributed by atoms with van der Waals surface area (Å²) in [7, 11) is 0. The average Bonchev–Trinajstić information content (AvgIpc) is 2.04. The van der Waals surface area contributed by atoms with E-state index in [0.717, 1.165) is 0 Å². The van der Waals surface area contributed by atoms with Crippen molar-refractivity contribution in [3.8, 4) is 0 Å². The van der Waals surface area contributed by atoms with E-state index in [9.17, 15) is 9.18 Å². The number of nitrogens with zero attached hydrogens (tertiary/aromatic N) is 1. The molecule has 1 rings (SSSR count). The Morgan fingerprint density at radius 1 is 1.62 bits per heavy atom. The van der Waals surface area contributed by atoms with Gasteiger partial charge in [0.15, 0.2) is 0 Å². The van der Waals surface area contributed by atoms with E-state index >= 15 is 0 Å². The lowest BCUT2D eigenvalue weighted by Gasteiger charge is -1.97. The molecule has 0 saturated carbocycles. The van der Waals surface area contributed by atoms with Gasteiger partial charge in [-0.15, -0.1) is 0 Å². The minimum absolute atomic E-state index is 0.333. The Labute approximate surface area is 93.0 Å². The second-order valence-electron chi connectivity index (χ2n) is 2.13. The number of amides is 1. The number of halogens is 2. The first-order chi connectivity index (χ1) is 6.15. The highest BCUT2D eigenvalue weighted by molar-refractivity contribution is 14.1. The summed E-state index contributed by atoms with van der Waals surface area (Å²) in [5.41, 5.74) is 0.333. The second kappa shape index (κ2) is 4.55. The van der Waals surface area contributed by atoms with Crippen LogP contribution in [0.15, 0.2) is 23.2 Å². The predicted octanol–water partition coefficient (Wildman–Crippen LogP) is 2.67. The first kappa shape index (κ1) is 10.4. The van der Waals surface area contributed by atoms with Crippen LogP contribution >= 0.6 is 34.8 Å². The molecule has 0 atom stereocenters. The van der Waals surface area contributed by atoms with E-state index in [-0.39, 0.29) is 5.82 Å². The van der Waals surface area contributed by atoms with Gasteiger partial charge in [0.25, 0.3) is 5.91 Å². The average molecular weight is 307 g/mol. The highest BCUT2D eigenvalue weighted by Gasteiger charge is 2.08. The van der Waals surface area contributed by atoms with E-state index < -0.39 is 5.91 Å². The van der Waals surface area contributed by atoms with E-state index in [1.165, 1.54) is 18.2 Å². The third kappa shape index (κ3) is 2.65.